The number of ether oxygens (including phenoxy) is 1. The molecule has 20 heavy (non-hydrogen) atoms. The van der Waals surface area contributed by atoms with Crippen LogP contribution in [0.2, 0.25) is 0 Å². The van der Waals surface area contributed by atoms with Crippen molar-refractivity contribution in [3.8, 4) is 0 Å². The van der Waals surface area contributed by atoms with E-state index < -0.39 is 5.97 Å². The highest BCUT2D eigenvalue weighted by Crippen LogP contribution is 2.18. The maximum Gasteiger partial charge on any atom is 0.358 e. The molecule has 6 nitrogen and oxygen atoms in total. The normalized spacial score (nSPS) is 10.7. The van der Waals surface area contributed by atoms with E-state index in [0.29, 0.717) is 25.3 Å². The van der Waals surface area contributed by atoms with E-state index in [9.17, 15) is 4.79 Å². The van der Waals surface area contributed by atoms with Crippen molar-refractivity contribution in [1.82, 2.24) is 15.0 Å². The molecule has 0 atom stereocenters. The molecule has 1 aromatic heterocycles. The minimum Gasteiger partial charge on any atom is -0.476 e. The number of rotatable bonds is 6. The summed E-state index contributed by atoms with van der Waals surface area (Å²) in [5.74, 6) is -1.07. The average molecular weight is 340 g/mol. The highest BCUT2D eigenvalue weighted by atomic mass is 79.9. The average Bonchev–Trinajstić information content (AvgIpc) is 2.82. The summed E-state index contributed by atoms with van der Waals surface area (Å²) in [6.45, 7) is 0.879. The van der Waals surface area contributed by atoms with Crippen molar-refractivity contribution in [1.29, 1.82) is 0 Å². The number of nitrogens with zero attached hydrogens (tertiary/aromatic N) is 3. The standard InChI is InChI=1S/C13H14BrN3O3/c1-20-7-6-11-12(13(18)19)15-16-17(11)8-9-4-2-3-5-10(9)14/h2-5H,6-8H2,1H3,(H,18,19). The first-order valence-corrected chi connectivity index (χ1v) is 6.80. The van der Waals surface area contributed by atoms with Gasteiger partial charge in [-0.2, -0.15) is 0 Å². The Morgan fingerprint density at radius 1 is 1.45 bits per heavy atom. The maximum absolute atomic E-state index is 11.2. The van der Waals surface area contributed by atoms with E-state index in [2.05, 4.69) is 26.2 Å². The van der Waals surface area contributed by atoms with Crippen molar-refractivity contribution < 1.29 is 14.6 Å². The van der Waals surface area contributed by atoms with Crippen LogP contribution in [0.5, 0.6) is 0 Å². The highest BCUT2D eigenvalue weighted by Gasteiger charge is 2.19. The van der Waals surface area contributed by atoms with Crippen molar-refractivity contribution in [2.75, 3.05) is 13.7 Å². The van der Waals surface area contributed by atoms with Crippen LogP contribution in [-0.4, -0.2) is 39.8 Å². The van der Waals surface area contributed by atoms with Crippen LogP contribution < -0.4 is 0 Å². The van der Waals surface area contributed by atoms with Crippen molar-refractivity contribution >= 4 is 21.9 Å². The van der Waals surface area contributed by atoms with Gasteiger partial charge in [0.15, 0.2) is 5.69 Å². The van der Waals surface area contributed by atoms with Crippen LogP contribution in [0.15, 0.2) is 28.7 Å². The fourth-order valence-electron chi connectivity index (χ4n) is 1.86. The Hall–Kier alpha value is -1.73. The SMILES string of the molecule is COCCc1c(C(=O)O)nnn1Cc1ccccc1Br. The summed E-state index contributed by atoms with van der Waals surface area (Å²) in [6.07, 6.45) is 0.454. The zero-order chi connectivity index (χ0) is 14.5. The summed E-state index contributed by atoms with van der Waals surface area (Å²) in [7, 11) is 1.57. The Balaban J connectivity index is 2.31. The third kappa shape index (κ3) is 3.23. The van der Waals surface area contributed by atoms with Crippen LogP contribution >= 0.6 is 15.9 Å². The highest BCUT2D eigenvalue weighted by molar-refractivity contribution is 9.10. The number of methoxy groups -OCH3 is 1. The summed E-state index contributed by atoms with van der Waals surface area (Å²) in [5, 5.41) is 16.8. The molecule has 0 bridgehead atoms. The number of aromatic carboxylic acids is 1. The smallest absolute Gasteiger partial charge is 0.358 e. The lowest BCUT2D eigenvalue weighted by molar-refractivity contribution is 0.0688. The first-order chi connectivity index (χ1) is 9.63. The van der Waals surface area contributed by atoms with Crippen LogP contribution in [0.25, 0.3) is 0 Å². The van der Waals surface area contributed by atoms with Crippen LogP contribution in [-0.2, 0) is 17.7 Å². The lowest BCUT2D eigenvalue weighted by Crippen LogP contribution is -2.12. The molecule has 0 fully saturated rings. The number of hydrogen-bond acceptors (Lipinski definition) is 4. The Labute approximate surface area is 124 Å². The van der Waals surface area contributed by atoms with Gasteiger partial charge in [-0.3, -0.25) is 0 Å². The Bertz CT molecular complexity index is 613. The lowest BCUT2D eigenvalue weighted by atomic mass is 10.2. The van der Waals surface area contributed by atoms with E-state index in [-0.39, 0.29) is 5.69 Å². The van der Waals surface area contributed by atoms with Gasteiger partial charge in [0, 0.05) is 18.0 Å². The summed E-state index contributed by atoms with van der Waals surface area (Å²) < 4.78 is 7.56. The van der Waals surface area contributed by atoms with Crippen LogP contribution in [0.3, 0.4) is 0 Å². The first kappa shape index (κ1) is 14.7. The monoisotopic (exact) mass is 339 g/mol. The molecule has 0 spiro atoms. The molecule has 106 valence electrons. The van der Waals surface area contributed by atoms with E-state index in [4.69, 9.17) is 9.84 Å². The minimum atomic E-state index is -1.07. The van der Waals surface area contributed by atoms with Gasteiger partial charge < -0.3 is 9.84 Å². The third-order valence-electron chi connectivity index (χ3n) is 2.86. The van der Waals surface area contributed by atoms with Gasteiger partial charge in [0.05, 0.1) is 18.8 Å². The summed E-state index contributed by atoms with van der Waals surface area (Å²) in [4.78, 5) is 11.2. The van der Waals surface area contributed by atoms with Gasteiger partial charge in [0.2, 0.25) is 0 Å². The molecule has 0 aliphatic rings. The second-order valence-electron chi connectivity index (χ2n) is 4.18. The molecule has 0 amide bonds. The van der Waals surface area contributed by atoms with Crippen molar-refractivity contribution in [2.24, 2.45) is 0 Å². The van der Waals surface area contributed by atoms with E-state index in [1.165, 1.54) is 0 Å². The van der Waals surface area contributed by atoms with Crippen molar-refractivity contribution in [3.05, 3.63) is 45.7 Å². The Morgan fingerprint density at radius 2 is 2.20 bits per heavy atom. The molecular formula is C13H14BrN3O3. The third-order valence-corrected chi connectivity index (χ3v) is 3.63. The van der Waals surface area contributed by atoms with E-state index in [1.807, 2.05) is 24.3 Å². The largest absolute Gasteiger partial charge is 0.476 e. The molecule has 0 saturated carbocycles. The lowest BCUT2D eigenvalue weighted by Gasteiger charge is -2.08. The Morgan fingerprint density at radius 3 is 2.85 bits per heavy atom. The number of aromatic nitrogens is 3. The molecule has 0 aliphatic carbocycles. The molecule has 2 aromatic rings. The van der Waals surface area contributed by atoms with Crippen molar-refractivity contribution in [3.63, 3.8) is 0 Å². The van der Waals surface area contributed by atoms with Gasteiger partial charge in [-0.15, -0.1) is 5.10 Å². The topological polar surface area (TPSA) is 77.2 Å². The van der Waals surface area contributed by atoms with Gasteiger partial charge in [-0.1, -0.05) is 39.3 Å². The number of hydrogen-bond donors (Lipinski definition) is 1. The number of halogens is 1. The molecule has 1 N–H and O–H groups in total. The number of carboxylic acid groups (broad SMARTS) is 1. The number of benzene rings is 1. The first-order valence-electron chi connectivity index (χ1n) is 6.01. The minimum absolute atomic E-state index is 0.0193. The summed E-state index contributed by atoms with van der Waals surface area (Å²) in [5.41, 5.74) is 1.55. The molecule has 1 aromatic carbocycles. The molecule has 0 saturated heterocycles. The second kappa shape index (κ2) is 6.62. The van der Waals surface area contributed by atoms with Gasteiger partial charge in [0.1, 0.15) is 0 Å². The molecule has 0 aliphatic heterocycles. The second-order valence-corrected chi connectivity index (χ2v) is 5.04. The van der Waals surface area contributed by atoms with Crippen LogP contribution in [0.1, 0.15) is 21.7 Å². The predicted molar refractivity (Wildman–Crippen MR) is 75.8 cm³/mol. The van der Waals surface area contributed by atoms with Gasteiger partial charge in [-0.05, 0) is 11.6 Å². The fourth-order valence-corrected chi connectivity index (χ4v) is 2.27. The van der Waals surface area contributed by atoms with Crippen molar-refractivity contribution in [2.45, 2.75) is 13.0 Å². The van der Waals surface area contributed by atoms with Gasteiger partial charge >= 0.3 is 5.97 Å². The number of carboxylic acids is 1. The van der Waals surface area contributed by atoms with Crippen LogP contribution in [0, 0.1) is 0 Å². The van der Waals surface area contributed by atoms with Crippen LogP contribution in [0.4, 0.5) is 0 Å². The molecule has 0 unspecified atom stereocenters. The van der Waals surface area contributed by atoms with Gasteiger partial charge in [0.25, 0.3) is 0 Å². The quantitative estimate of drug-likeness (QED) is 0.870. The van der Waals surface area contributed by atoms with E-state index in [1.54, 1.807) is 11.8 Å². The number of carbonyl (C=O) groups is 1. The van der Waals surface area contributed by atoms with E-state index in [0.717, 1.165) is 10.0 Å². The predicted octanol–water partition coefficient (Wildman–Crippen LogP) is 1.98. The molecule has 2 rings (SSSR count). The fraction of sp³-hybridized carbons (Fsp3) is 0.308. The zero-order valence-electron chi connectivity index (χ0n) is 10.9. The molecule has 7 heteroatoms. The Kier molecular flexibility index (Phi) is 4.86. The molecule has 1 heterocycles. The van der Waals surface area contributed by atoms with E-state index >= 15 is 0 Å². The molecular weight excluding hydrogens is 326 g/mol. The summed E-state index contributed by atoms with van der Waals surface area (Å²) >= 11 is 3.46. The maximum atomic E-state index is 11.2. The zero-order valence-corrected chi connectivity index (χ0v) is 12.5. The molecule has 0 radical (unpaired) electrons. The van der Waals surface area contributed by atoms with Gasteiger partial charge in [-0.25, -0.2) is 9.48 Å². The summed E-state index contributed by atoms with van der Waals surface area (Å²) in [6, 6.07) is 7.72.